The van der Waals surface area contributed by atoms with Crippen LogP contribution < -0.4 is 4.90 Å². The topological polar surface area (TPSA) is 56.7 Å². The summed E-state index contributed by atoms with van der Waals surface area (Å²) in [5.74, 6) is -0.252. The predicted molar refractivity (Wildman–Crippen MR) is 72.3 cm³/mol. The quantitative estimate of drug-likeness (QED) is 0.797. The van der Waals surface area contributed by atoms with E-state index >= 15 is 0 Å². The van der Waals surface area contributed by atoms with E-state index in [0.717, 1.165) is 31.9 Å². The SMILES string of the molecule is CCN(CCCN(C)C)c1cccc(C(=O)O)n1. The average molecular weight is 251 g/mol. The zero-order valence-electron chi connectivity index (χ0n) is 11.3. The maximum absolute atomic E-state index is 10.9. The Morgan fingerprint density at radius 3 is 2.61 bits per heavy atom. The molecule has 1 aromatic rings. The van der Waals surface area contributed by atoms with E-state index in [0.29, 0.717) is 0 Å². The van der Waals surface area contributed by atoms with Crippen molar-refractivity contribution in [2.24, 2.45) is 0 Å². The first-order chi connectivity index (χ1) is 8.54. The number of hydrogen-bond donors (Lipinski definition) is 1. The number of carbonyl (C=O) groups is 1. The lowest BCUT2D eigenvalue weighted by Crippen LogP contribution is -2.28. The van der Waals surface area contributed by atoms with Gasteiger partial charge in [0, 0.05) is 13.1 Å². The number of rotatable bonds is 7. The zero-order valence-corrected chi connectivity index (χ0v) is 11.3. The molecule has 5 heteroatoms. The van der Waals surface area contributed by atoms with E-state index in [1.165, 1.54) is 6.07 Å². The Morgan fingerprint density at radius 2 is 2.06 bits per heavy atom. The fourth-order valence-corrected chi connectivity index (χ4v) is 1.73. The molecule has 0 unspecified atom stereocenters. The predicted octanol–water partition coefficient (Wildman–Crippen LogP) is 1.56. The molecule has 18 heavy (non-hydrogen) atoms. The standard InChI is InChI=1S/C13H21N3O2/c1-4-16(10-6-9-15(2)3)12-8-5-7-11(14-12)13(17)18/h5,7-8H,4,6,9-10H2,1-3H3,(H,17,18). The minimum absolute atomic E-state index is 0.0959. The maximum atomic E-state index is 10.9. The molecule has 0 spiro atoms. The van der Waals surface area contributed by atoms with Gasteiger partial charge < -0.3 is 14.9 Å². The van der Waals surface area contributed by atoms with Crippen LogP contribution in [0, 0.1) is 0 Å². The van der Waals surface area contributed by atoms with E-state index in [-0.39, 0.29) is 5.69 Å². The van der Waals surface area contributed by atoms with Gasteiger partial charge in [-0.15, -0.1) is 0 Å². The Kier molecular flexibility index (Phi) is 5.58. The van der Waals surface area contributed by atoms with Gasteiger partial charge in [-0.05, 0) is 46.1 Å². The first-order valence-electron chi connectivity index (χ1n) is 6.14. The first-order valence-corrected chi connectivity index (χ1v) is 6.14. The summed E-state index contributed by atoms with van der Waals surface area (Å²) in [6.45, 7) is 4.76. The van der Waals surface area contributed by atoms with E-state index in [9.17, 15) is 4.79 Å². The molecule has 0 radical (unpaired) electrons. The second-order valence-corrected chi connectivity index (χ2v) is 4.42. The summed E-state index contributed by atoms with van der Waals surface area (Å²) in [7, 11) is 4.08. The zero-order chi connectivity index (χ0) is 13.5. The molecule has 0 aliphatic rings. The fraction of sp³-hybridized carbons (Fsp3) is 0.538. The monoisotopic (exact) mass is 251 g/mol. The van der Waals surface area contributed by atoms with Gasteiger partial charge >= 0.3 is 5.97 Å². The van der Waals surface area contributed by atoms with E-state index in [1.54, 1.807) is 6.07 Å². The third kappa shape index (κ3) is 4.33. The molecule has 0 amide bonds. The van der Waals surface area contributed by atoms with Crippen LogP contribution >= 0.6 is 0 Å². The summed E-state index contributed by atoms with van der Waals surface area (Å²) in [5.41, 5.74) is 0.0959. The van der Waals surface area contributed by atoms with Crippen molar-refractivity contribution in [3.63, 3.8) is 0 Å². The van der Waals surface area contributed by atoms with Crippen LogP contribution in [0.5, 0.6) is 0 Å². The number of nitrogens with zero attached hydrogens (tertiary/aromatic N) is 3. The molecule has 0 atom stereocenters. The van der Waals surface area contributed by atoms with Gasteiger partial charge in [0.2, 0.25) is 0 Å². The van der Waals surface area contributed by atoms with Crippen LogP contribution in [0.4, 0.5) is 5.82 Å². The van der Waals surface area contributed by atoms with Gasteiger partial charge in [0.25, 0.3) is 0 Å². The van der Waals surface area contributed by atoms with E-state index < -0.39 is 5.97 Å². The molecule has 1 aromatic heterocycles. The van der Waals surface area contributed by atoms with Crippen LogP contribution in [0.1, 0.15) is 23.8 Å². The molecular formula is C13H21N3O2. The Morgan fingerprint density at radius 1 is 1.33 bits per heavy atom. The van der Waals surface area contributed by atoms with Crippen molar-refractivity contribution in [2.45, 2.75) is 13.3 Å². The fourth-order valence-electron chi connectivity index (χ4n) is 1.73. The van der Waals surface area contributed by atoms with Crippen molar-refractivity contribution in [3.8, 4) is 0 Å². The largest absolute Gasteiger partial charge is 0.477 e. The molecule has 0 aromatic carbocycles. The third-order valence-corrected chi connectivity index (χ3v) is 2.69. The molecule has 0 saturated heterocycles. The number of aromatic carboxylic acids is 1. The molecule has 5 nitrogen and oxygen atoms in total. The molecule has 1 heterocycles. The smallest absolute Gasteiger partial charge is 0.354 e. The van der Waals surface area contributed by atoms with Crippen molar-refractivity contribution < 1.29 is 9.90 Å². The third-order valence-electron chi connectivity index (χ3n) is 2.69. The summed E-state index contributed by atoms with van der Waals surface area (Å²) < 4.78 is 0. The summed E-state index contributed by atoms with van der Waals surface area (Å²) in [5, 5.41) is 8.92. The van der Waals surface area contributed by atoms with Gasteiger partial charge in [-0.1, -0.05) is 6.07 Å². The van der Waals surface area contributed by atoms with Gasteiger partial charge in [0.15, 0.2) is 5.69 Å². The number of carboxylic acid groups (broad SMARTS) is 1. The summed E-state index contributed by atoms with van der Waals surface area (Å²) in [6, 6.07) is 5.10. The van der Waals surface area contributed by atoms with Crippen LogP contribution in [0.3, 0.4) is 0 Å². The van der Waals surface area contributed by atoms with Crippen molar-refractivity contribution in [3.05, 3.63) is 23.9 Å². The minimum atomic E-state index is -0.985. The average Bonchev–Trinajstić information content (AvgIpc) is 2.34. The number of carboxylic acids is 1. The van der Waals surface area contributed by atoms with Crippen LogP contribution in [-0.4, -0.2) is 54.7 Å². The normalized spacial score (nSPS) is 10.7. The van der Waals surface area contributed by atoms with E-state index in [2.05, 4.69) is 14.8 Å². The van der Waals surface area contributed by atoms with Gasteiger partial charge in [-0.25, -0.2) is 9.78 Å². The first kappa shape index (κ1) is 14.4. The Hall–Kier alpha value is -1.62. The highest BCUT2D eigenvalue weighted by Crippen LogP contribution is 2.11. The minimum Gasteiger partial charge on any atom is -0.477 e. The second kappa shape index (κ2) is 6.96. The molecule has 0 saturated carbocycles. The van der Waals surface area contributed by atoms with Gasteiger partial charge in [0.05, 0.1) is 0 Å². The molecule has 0 aliphatic carbocycles. The van der Waals surface area contributed by atoms with Crippen molar-refractivity contribution in [1.82, 2.24) is 9.88 Å². The highest BCUT2D eigenvalue weighted by Gasteiger charge is 2.09. The molecule has 1 N–H and O–H groups in total. The molecule has 0 fully saturated rings. The molecule has 0 bridgehead atoms. The van der Waals surface area contributed by atoms with E-state index in [1.807, 2.05) is 27.1 Å². The summed E-state index contributed by atoms with van der Waals surface area (Å²) in [6.07, 6.45) is 1.03. The Labute approximate surface area is 108 Å². The van der Waals surface area contributed by atoms with Crippen molar-refractivity contribution in [1.29, 1.82) is 0 Å². The van der Waals surface area contributed by atoms with Crippen LogP contribution in [-0.2, 0) is 0 Å². The number of anilines is 1. The Bertz CT molecular complexity index is 394. The Balaban J connectivity index is 2.69. The lowest BCUT2D eigenvalue weighted by atomic mass is 10.3. The van der Waals surface area contributed by atoms with Crippen molar-refractivity contribution >= 4 is 11.8 Å². The maximum Gasteiger partial charge on any atom is 0.354 e. The van der Waals surface area contributed by atoms with Crippen molar-refractivity contribution in [2.75, 3.05) is 38.6 Å². The lowest BCUT2D eigenvalue weighted by molar-refractivity contribution is 0.0690. The summed E-state index contributed by atoms with van der Waals surface area (Å²) in [4.78, 5) is 19.3. The molecular weight excluding hydrogens is 230 g/mol. The number of aromatic nitrogens is 1. The van der Waals surface area contributed by atoms with Gasteiger partial charge in [-0.2, -0.15) is 0 Å². The van der Waals surface area contributed by atoms with E-state index in [4.69, 9.17) is 5.11 Å². The molecule has 0 aliphatic heterocycles. The number of pyridine rings is 1. The second-order valence-electron chi connectivity index (χ2n) is 4.42. The summed E-state index contributed by atoms with van der Waals surface area (Å²) >= 11 is 0. The lowest BCUT2D eigenvalue weighted by Gasteiger charge is -2.23. The van der Waals surface area contributed by atoms with Crippen LogP contribution in [0.25, 0.3) is 0 Å². The highest BCUT2D eigenvalue weighted by atomic mass is 16.4. The van der Waals surface area contributed by atoms with Gasteiger partial charge in [0.1, 0.15) is 5.82 Å². The van der Waals surface area contributed by atoms with Crippen LogP contribution in [0.2, 0.25) is 0 Å². The van der Waals surface area contributed by atoms with Crippen LogP contribution in [0.15, 0.2) is 18.2 Å². The molecule has 1 rings (SSSR count). The highest BCUT2D eigenvalue weighted by molar-refractivity contribution is 5.85. The van der Waals surface area contributed by atoms with Gasteiger partial charge in [-0.3, -0.25) is 0 Å². The number of hydrogen-bond acceptors (Lipinski definition) is 4. The molecule has 100 valence electrons.